The smallest absolute Gasteiger partial charge is 0.339 e. The van der Waals surface area contributed by atoms with E-state index < -0.39 is 0 Å². The van der Waals surface area contributed by atoms with Gasteiger partial charge in [-0.1, -0.05) is 0 Å². The van der Waals surface area contributed by atoms with Crippen LogP contribution in [0.5, 0.6) is 0 Å². The van der Waals surface area contributed by atoms with E-state index in [-0.39, 0.29) is 0 Å². The average Bonchev–Trinajstić information content (AvgIpc) is 2.32. The predicted molar refractivity (Wildman–Crippen MR) is 46.1 cm³/mol. The van der Waals surface area contributed by atoms with Crippen LogP contribution in [0, 0.1) is 5.92 Å². The molecule has 0 aromatic heterocycles. The van der Waals surface area contributed by atoms with Crippen molar-refractivity contribution in [1.29, 1.82) is 0 Å². The summed E-state index contributed by atoms with van der Waals surface area (Å²) in [5.74, 6) is 1.69. The molecule has 0 N–H and O–H groups in total. The van der Waals surface area contributed by atoms with Gasteiger partial charge in [0.1, 0.15) is 0 Å². The van der Waals surface area contributed by atoms with E-state index in [9.17, 15) is 0 Å². The lowest BCUT2D eigenvalue weighted by molar-refractivity contribution is -0.551. The van der Waals surface area contributed by atoms with Gasteiger partial charge in [0.2, 0.25) is 0 Å². The van der Waals surface area contributed by atoms with Gasteiger partial charge in [0.05, 0.1) is 5.92 Å². The van der Waals surface area contributed by atoms with E-state index in [1.807, 2.05) is 0 Å². The van der Waals surface area contributed by atoms with Gasteiger partial charge in [-0.2, -0.15) is 4.58 Å². The van der Waals surface area contributed by atoms with Gasteiger partial charge in [0.25, 0.3) is 0 Å². The Kier molecular flexibility index (Phi) is 2.53. The Morgan fingerprint density at radius 2 is 1.91 bits per heavy atom. The zero-order valence-corrected chi connectivity index (χ0v) is 7.92. The molecule has 0 unspecified atom stereocenters. The Balaban J connectivity index is 2.77. The fraction of sp³-hybridized carbons (Fsp3) is 0.889. The maximum atomic E-state index is 5.53. The van der Waals surface area contributed by atoms with E-state index in [2.05, 4.69) is 32.3 Å². The van der Waals surface area contributed by atoms with E-state index in [0.717, 1.165) is 13.2 Å². The van der Waals surface area contributed by atoms with Crippen molar-refractivity contribution < 1.29 is 9.31 Å². The molecule has 0 atom stereocenters. The number of rotatable bonds is 2. The summed E-state index contributed by atoms with van der Waals surface area (Å²) in [5.41, 5.74) is 0. The second kappa shape index (κ2) is 3.24. The fourth-order valence-corrected chi connectivity index (χ4v) is 1.45. The standard InChI is InChI=1S/C9H18NO/c1-7(2)9-10(8(3)4)5-6-11-9/h7-8H,5-6H2,1-4H3/q+1. The summed E-state index contributed by atoms with van der Waals surface area (Å²) in [6.45, 7) is 10.7. The van der Waals surface area contributed by atoms with Crippen molar-refractivity contribution in [2.45, 2.75) is 33.7 Å². The number of hydrogen-bond donors (Lipinski definition) is 0. The van der Waals surface area contributed by atoms with Crippen LogP contribution in [0.1, 0.15) is 27.7 Å². The van der Waals surface area contributed by atoms with E-state index in [0.29, 0.717) is 12.0 Å². The molecule has 11 heavy (non-hydrogen) atoms. The lowest BCUT2D eigenvalue weighted by Crippen LogP contribution is -2.26. The van der Waals surface area contributed by atoms with E-state index in [1.54, 1.807) is 0 Å². The van der Waals surface area contributed by atoms with Gasteiger partial charge < -0.3 is 4.74 Å². The Labute approximate surface area is 68.9 Å². The van der Waals surface area contributed by atoms with Crippen molar-refractivity contribution in [3.63, 3.8) is 0 Å². The molecule has 0 aromatic rings. The number of nitrogens with zero attached hydrogens (tertiary/aromatic N) is 1. The predicted octanol–water partition coefficient (Wildman–Crippen LogP) is 1.49. The molecule has 0 amide bonds. The first-order valence-electron chi connectivity index (χ1n) is 4.39. The lowest BCUT2D eigenvalue weighted by atomic mass is 10.2. The molecule has 0 bridgehead atoms. The van der Waals surface area contributed by atoms with Crippen LogP contribution < -0.4 is 0 Å². The highest BCUT2D eigenvalue weighted by molar-refractivity contribution is 5.73. The molecule has 0 fully saturated rings. The molecule has 1 aliphatic heterocycles. The van der Waals surface area contributed by atoms with Gasteiger partial charge in [-0.25, -0.2) is 0 Å². The molecule has 1 aliphatic rings. The first-order valence-corrected chi connectivity index (χ1v) is 4.39. The molecule has 0 saturated heterocycles. The van der Waals surface area contributed by atoms with Crippen LogP contribution in [0.25, 0.3) is 0 Å². The first-order chi connectivity index (χ1) is 5.13. The monoisotopic (exact) mass is 156 g/mol. The third-order valence-electron chi connectivity index (χ3n) is 1.98. The molecule has 1 rings (SSSR count). The topological polar surface area (TPSA) is 12.2 Å². The summed E-state index contributed by atoms with van der Waals surface area (Å²) in [6, 6.07) is 0.579. The Morgan fingerprint density at radius 1 is 1.27 bits per heavy atom. The Morgan fingerprint density at radius 3 is 2.27 bits per heavy atom. The molecule has 2 nitrogen and oxygen atoms in total. The highest BCUT2D eigenvalue weighted by atomic mass is 16.5. The summed E-state index contributed by atoms with van der Waals surface area (Å²) in [5, 5.41) is 0. The fourth-order valence-electron chi connectivity index (χ4n) is 1.45. The molecule has 64 valence electrons. The van der Waals surface area contributed by atoms with Crippen LogP contribution >= 0.6 is 0 Å². The molecule has 0 aromatic carbocycles. The van der Waals surface area contributed by atoms with E-state index in [1.165, 1.54) is 5.90 Å². The maximum Gasteiger partial charge on any atom is 0.339 e. The van der Waals surface area contributed by atoms with Crippen molar-refractivity contribution >= 4 is 5.90 Å². The molecule has 0 saturated carbocycles. The van der Waals surface area contributed by atoms with E-state index >= 15 is 0 Å². The summed E-state index contributed by atoms with van der Waals surface area (Å²) < 4.78 is 7.87. The summed E-state index contributed by atoms with van der Waals surface area (Å²) >= 11 is 0. The van der Waals surface area contributed by atoms with Gasteiger partial charge in [-0.05, 0) is 27.7 Å². The highest BCUT2D eigenvalue weighted by Gasteiger charge is 2.28. The first kappa shape index (κ1) is 8.57. The minimum absolute atomic E-state index is 0.528. The summed E-state index contributed by atoms with van der Waals surface area (Å²) in [6.07, 6.45) is 0. The van der Waals surface area contributed by atoms with Crippen LogP contribution in [0.4, 0.5) is 0 Å². The molecule has 0 aliphatic carbocycles. The van der Waals surface area contributed by atoms with Crippen molar-refractivity contribution in [3.8, 4) is 0 Å². The molecule has 2 heteroatoms. The van der Waals surface area contributed by atoms with Crippen LogP contribution in [-0.2, 0) is 4.74 Å². The van der Waals surface area contributed by atoms with Gasteiger partial charge in [-0.15, -0.1) is 0 Å². The Hall–Kier alpha value is -0.530. The second-order valence-electron chi connectivity index (χ2n) is 3.63. The second-order valence-corrected chi connectivity index (χ2v) is 3.63. The van der Waals surface area contributed by atoms with Crippen molar-refractivity contribution in [2.24, 2.45) is 5.92 Å². The molecule has 0 radical (unpaired) electrons. The van der Waals surface area contributed by atoms with Crippen LogP contribution in [0.3, 0.4) is 0 Å². The SMILES string of the molecule is CC(C)C1=[N+](C(C)C)CCO1. The van der Waals surface area contributed by atoms with Crippen LogP contribution in [-0.4, -0.2) is 29.7 Å². The summed E-state index contributed by atoms with van der Waals surface area (Å²) in [4.78, 5) is 0. The third-order valence-corrected chi connectivity index (χ3v) is 1.98. The number of hydrogen-bond acceptors (Lipinski definition) is 1. The van der Waals surface area contributed by atoms with Gasteiger partial charge in [-0.3, -0.25) is 0 Å². The minimum Gasteiger partial charge on any atom is -0.441 e. The molecular formula is C9H18NO+. The van der Waals surface area contributed by atoms with Gasteiger partial charge >= 0.3 is 5.90 Å². The third kappa shape index (κ3) is 1.73. The quantitative estimate of drug-likeness (QED) is 0.552. The molecule has 1 heterocycles. The number of ether oxygens (including phenoxy) is 1. The van der Waals surface area contributed by atoms with E-state index in [4.69, 9.17) is 4.74 Å². The average molecular weight is 156 g/mol. The van der Waals surface area contributed by atoms with Crippen LogP contribution in [0.2, 0.25) is 0 Å². The van der Waals surface area contributed by atoms with Crippen molar-refractivity contribution in [1.82, 2.24) is 0 Å². The largest absolute Gasteiger partial charge is 0.441 e. The molecule has 0 spiro atoms. The van der Waals surface area contributed by atoms with Gasteiger partial charge in [0.15, 0.2) is 19.2 Å². The lowest BCUT2D eigenvalue weighted by Gasteiger charge is -2.05. The van der Waals surface area contributed by atoms with Crippen LogP contribution in [0.15, 0.2) is 0 Å². The maximum absolute atomic E-state index is 5.53. The van der Waals surface area contributed by atoms with Crippen molar-refractivity contribution in [3.05, 3.63) is 0 Å². The minimum atomic E-state index is 0.528. The highest BCUT2D eigenvalue weighted by Crippen LogP contribution is 2.07. The molecular weight excluding hydrogens is 138 g/mol. The summed E-state index contributed by atoms with van der Waals surface area (Å²) in [7, 11) is 0. The van der Waals surface area contributed by atoms with Gasteiger partial charge in [0, 0.05) is 0 Å². The Bertz CT molecular complexity index is 152. The normalized spacial score (nSPS) is 18.4. The van der Waals surface area contributed by atoms with Crippen molar-refractivity contribution in [2.75, 3.05) is 13.2 Å². The zero-order valence-electron chi connectivity index (χ0n) is 7.92. The zero-order chi connectivity index (χ0) is 8.43.